The Kier molecular flexibility index (Phi) is 6.42. The van der Waals surface area contributed by atoms with Gasteiger partial charge in [-0.1, -0.05) is 13.8 Å². The fourth-order valence-corrected chi connectivity index (χ4v) is 2.70. The fraction of sp³-hybridized carbons (Fsp3) is 0.714. The van der Waals surface area contributed by atoms with Crippen molar-refractivity contribution < 1.29 is 9.90 Å². The minimum atomic E-state index is -0.933. The average molecular weight is 299 g/mol. The molecule has 6 heteroatoms. The summed E-state index contributed by atoms with van der Waals surface area (Å²) in [5.41, 5.74) is -0.321. The number of carboxylic acids is 1. The number of anilines is 1. The number of nitrogens with one attached hydrogen (secondary N) is 1. The third kappa shape index (κ3) is 4.45. The van der Waals surface area contributed by atoms with Crippen LogP contribution < -0.4 is 5.32 Å². The maximum absolute atomic E-state index is 11.2. The van der Waals surface area contributed by atoms with Gasteiger partial charge >= 0.3 is 5.97 Å². The predicted molar refractivity (Wildman–Crippen MR) is 83.7 cm³/mol. The van der Waals surface area contributed by atoms with Crippen molar-refractivity contribution in [2.45, 2.75) is 39.5 Å². The molecule has 0 bridgehead atoms. The smallest absolute Gasteiger partial charge is 0.315 e. The van der Waals surface area contributed by atoms with E-state index < -0.39 is 11.4 Å². The Morgan fingerprint density at radius 1 is 1.45 bits per heavy atom. The van der Waals surface area contributed by atoms with Crippen molar-refractivity contribution in [2.24, 2.45) is 0 Å². The summed E-state index contributed by atoms with van der Waals surface area (Å²) in [5.74, 6) is -0.851. The molecule has 0 fully saturated rings. The number of aromatic nitrogens is 1. The molecule has 2 N–H and O–H groups in total. The van der Waals surface area contributed by atoms with Gasteiger partial charge in [0, 0.05) is 11.9 Å². The van der Waals surface area contributed by atoms with Crippen LogP contribution >= 0.6 is 11.3 Å². The lowest BCUT2D eigenvalue weighted by Gasteiger charge is -2.17. The third-order valence-corrected chi connectivity index (χ3v) is 4.30. The van der Waals surface area contributed by atoms with Crippen LogP contribution in [0.1, 0.15) is 39.8 Å². The van der Waals surface area contributed by atoms with E-state index >= 15 is 0 Å². The zero-order chi connectivity index (χ0) is 15.2. The highest BCUT2D eigenvalue weighted by Gasteiger charge is 2.32. The van der Waals surface area contributed by atoms with Crippen LogP contribution in [0.15, 0.2) is 5.38 Å². The number of nitrogens with zero attached hydrogens (tertiary/aromatic N) is 2. The molecule has 0 spiro atoms. The van der Waals surface area contributed by atoms with Gasteiger partial charge in [0.1, 0.15) is 5.41 Å². The van der Waals surface area contributed by atoms with Crippen LogP contribution in [0.4, 0.5) is 5.13 Å². The molecule has 1 rings (SSSR count). The molecule has 5 nitrogen and oxygen atoms in total. The van der Waals surface area contributed by atoms with E-state index in [4.69, 9.17) is 0 Å². The summed E-state index contributed by atoms with van der Waals surface area (Å²) in [4.78, 5) is 17.9. The summed E-state index contributed by atoms with van der Waals surface area (Å²) in [5, 5.41) is 15.1. The van der Waals surface area contributed by atoms with Crippen LogP contribution in [-0.2, 0) is 10.2 Å². The molecule has 20 heavy (non-hydrogen) atoms. The molecule has 0 amide bonds. The minimum absolute atomic E-state index is 0.612. The van der Waals surface area contributed by atoms with Crippen molar-refractivity contribution in [1.82, 2.24) is 9.88 Å². The molecule has 0 aliphatic rings. The maximum atomic E-state index is 11.2. The fourth-order valence-electron chi connectivity index (χ4n) is 1.79. The normalized spacial score (nSPS) is 11.8. The molecule has 1 aromatic rings. The molecule has 1 aromatic heterocycles. The zero-order valence-corrected chi connectivity index (χ0v) is 13.6. The van der Waals surface area contributed by atoms with E-state index in [9.17, 15) is 9.90 Å². The topological polar surface area (TPSA) is 65.5 Å². The number of hydrogen-bond donors (Lipinski definition) is 2. The molecule has 0 saturated carbocycles. The quantitative estimate of drug-likeness (QED) is 0.686. The molecular formula is C14H25N3O2S. The molecule has 0 saturated heterocycles. The largest absolute Gasteiger partial charge is 0.481 e. The number of rotatable bonds is 9. The predicted octanol–water partition coefficient (Wildman–Crippen LogP) is 2.65. The van der Waals surface area contributed by atoms with Gasteiger partial charge in [0.05, 0.1) is 5.69 Å². The summed E-state index contributed by atoms with van der Waals surface area (Å²) in [6.45, 7) is 11.8. The van der Waals surface area contributed by atoms with Crippen molar-refractivity contribution in [1.29, 1.82) is 0 Å². The molecule has 0 aliphatic heterocycles. The summed E-state index contributed by atoms with van der Waals surface area (Å²) in [6.07, 6.45) is 1.05. The standard InChI is InChI=1S/C14H25N3O2S/c1-5-17(6-2)9-7-8-15-13-16-11(10-20-13)14(3,4)12(18)19/h10H,5-9H2,1-4H3,(H,15,16)(H,18,19). The lowest BCUT2D eigenvalue weighted by molar-refractivity contribution is -0.142. The number of hydrogen-bond acceptors (Lipinski definition) is 5. The molecular weight excluding hydrogens is 274 g/mol. The van der Waals surface area contributed by atoms with Crippen LogP contribution in [-0.4, -0.2) is 47.1 Å². The van der Waals surface area contributed by atoms with E-state index in [-0.39, 0.29) is 0 Å². The van der Waals surface area contributed by atoms with Crippen LogP contribution in [0.25, 0.3) is 0 Å². The van der Waals surface area contributed by atoms with Crippen molar-refractivity contribution in [3.63, 3.8) is 0 Å². The second-order valence-electron chi connectivity index (χ2n) is 5.28. The number of carbonyl (C=O) groups is 1. The summed E-state index contributed by atoms with van der Waals surface area (Å²) >= 11 is 1.47. The molecule has 0 radical (unpaired) electrons. The zero-order valence-electron chi connectivity index (χ0n) is 12.8. The van der Waals surface area contributed by atoms with Crippen LogP contribution in [0, 0.1) is 0 Å². The van der Waals surface area contributed by atoms with Gasteiger partial charge in [0.25, 0.3) is 0 Å². The Morgan fingerprint density at radius 2 is 2.10 bits per heavy atom. The van der Waals surface area contributed by atoms with E-state index in [0.29, 0.717) is 5.69 Å². The highest BCUT2D eigenvalue weighted by atomic mass is 32.1. The Balaban J connectivity index is 2.43. The number of thiazole rings is 1. The molecule has 0 unspecified atom stereocenters. The van der Waals surface area contributed by atoms with E-state index in [1.54, 1.807) is 13.8 Å². The van der Waals surface area contributed by atoms with Gasteiger partial charge in [-0.25, -0.2) is 4.98 Å². The van der Waals surface area contributed by atoms with Crippen molar-refractivity contribution in [2.75, 3.05) is 31.5 Å². The number of carboxylic acid groups (broad SMARTS) is 1. The Hall–Kier alpha value is -1.14. The Bertz CT molecular complexity index is 428. The molecule has 1 heterocycles. The first-order valence-corrected chi connectivity index (χ1v) is 7.95. The first-order chi connectivity index (χ1) is 9.41. The third-order valence-electron chi connectivity index (χ3n) is 3.50. The highest BCUT2D eigenvalue weighted by Crippen LogP contribution is 2.27. The number of aliphatic carboxylic acids is 1. The van der Waals surface area contributed by atoms with Crippen molar-refractivity contribution >= 4 is 22.4 Å². The van der Waals surface area contributed by atoms with Crippen LogP contribution in [0.3, 0.4) is 0 Å². The average Bonchev–Trinajstić information content (AvgIpc) is 2.88. The lowest BCUT2D eigenvalue weighted by atomic mass is 9.90. The molecule has 114 valence electrons. The van der Waals surface area contributed by atoms with Gasteiger partial charge in [0.15, 0.2) is 5.13 Å². The SMILES string of the molecule is CCN(CC)CCCNc1nc(C(C)(C)C(=O)O)cs1. The maximum Gasteiger partial charge on any atom is 0.315 e. The van der Waals surface area contributed by atoms with Gasteiger partial charge < -0.3 is 15.3 Å². The monoisotopic (exact) mass is 299 g/mol. The van der Waals surface area contributed by atoms with Crippen molar-refractivity contribution in [3.05, 3.63) is 11.1 Å². The van der Waals surface area contributed by atoms with Crippen LogP contribution in [0.5, 0.6) is 0 Å². The van der Waals surface area contributed by atoms with Crippen LogP contribution in [0.2, 0.25) is 0 Å². The van der Waals surface area contributed by atoms with E-state index in [0.717, 1.165) is 37.7 Å². The van der Waals surface area contributed by atoms with Crippen molar-refractivity contribution in [3.8, 4) is 0 Å². The molecule has 0 aromatic carbocycles. The van der Waals surface area contributed by atoms with E-state index in [1.807, 2.05) is 5.38 Å². The minimum Gasteiger partial charge on any atom is -0.481 e. The van der Waals surface area contributed by atoms with Gasteiger partial charge in [-0.05, 0) is 39.9 Å². The summed E-state index contributed by atoms with van der Waals surface area (Å²) in [7, 11) is 0. The molecule has 0 atom stereocenters. The van der Waals surface area contributed by atoms with Gasteiger partial charge in [-0.2, -0.15) is 0 Å². The van der Waals surface area contributed by atoms with Gasteiger partial charge in [0.2, 0.25) is 0 Å². The molecule has 0 aliphatic carbocycles. The van der Waals surface area contributed by atoms with E-state index in [1.165, 1.54) is 11.3 Å². The second-order valence-corrected chi connectivity index (χ2v) is 6.13. The highest BCUT2D eigenvalue weighted by molar-refractivity contribution is 7.13. The van der Waals surface area contributed by atoms with Gasteiger partial charge in [-0.15, -0.1) is 11.3 Å². The lowest BCUT2D eigenvalue weighted by Crippen LogP contribution is -2.28. The Morgan fingerprint density at radius 3 is 2.65 bits per heavy atom. The van der Waals surface area contributed by atoms with E-state index in [2.05, 4.69) is 29.0 Å². The Labute approximate surface area is 125 Å². The second kappa shape index (κ2) is 7.59. The first kappa shape index (κ1) is 16.9. The van der Waals surface area contributed by atoms with Gasteiger partial charge in [-0.3, -0.25) is 4.79 Å². The summed E-state index contributed by atoms with van der Waals surface area (Å²) in [6, 6.07) is 0. The first-order valence-electron chi connectivity index (χ1n) is 7.07. The summed E-state index contributed by atoms with van der Waals surface area (Å²) < 4.78 is 0.